The molecule has 3 rings (SSSR count). The minimum atomic E-state index is -1.05. The third-order valence-electron chi connectivity index (χ3n) is 5.03. The largest absolute Gasteiger partial charge is 0.509 e. The summed E-state index contributed by atoms with van der Waals surface area (Å²) in [4.78, 5) is 24.7. The fourth-order valence-corrected chi connectivity index (χ4v) is 3.35. The van der Waals surface area contributed by atoms with E-state index in [0.29, 0.717) is 12.8 Å². The van der Waals surface area contributed by atoms with Crippen LogP contribution in [0.4, 0.5) is 8.78 Å². The van der Waals surface area contributed by atoms with Crippen molar-refractivity contribution in [1.29, 1.82) is 0 Å². The molecule has 134 valence electrons. The first-order valence-corrected chi connectivity index (χ1v) is 7.84. The SMILES string of the molecule is COC(=O)C1=C(O)C2(CCC2)N(C)N(Cc2cccc(F)c2F)C1=O. The fraction of sp³-hybridized carbons (Fsp3) is 0.412. The molecule has 0 bridgehead atoms. The van der Waals surface area contributed by atoms with Crippen molar-refractivity contribution in [3.8, 4) is 0 Å². The molecule has 0 radical (unpaired) electrons. The maximum Gasteiger partial charge on any atom is 0.347 e. The summed E-state index contributed by atoms with van der Waals surface area (Å²) in [7, 11) is 2.69. The van der Waals surface area contributed by atoms with Gasteiger partial charge in [-0.2, -0.15) is 0 Å². The first-order chi connectivity index (χ1) is 11.8. The number of benzene rings is 1. The van der Waals surface area contributed by atoms with Crippen molar-refractivity contribution >= 4 is 11.9 Å². The molecular formula is C17H18F2N2O4. The minimum Gasteiger partial charge on any atom is -0.509 e. The number of ether oxygens (including phenoxy) is 1. The number of carbonyl (C=O) groups excluding carboxylic acids is 2. The molecule has 25 heavy (non-hydrogen) atoms. The topological polar surface area (TPSA) is 70.1 Å². The van der Waals surface area contributed by atoms with Gasteiger partial charge in [-0.05, 0) is 25.3 Å². The van der Waals surface area contributed by atoms with E-state index in [1.54, 1.807) is 7.05 Å². The number of rotatable bonds is 3. The van der Waals surface area contributed by atoms with Gasteiger partial charge in [0.25, 0.3) is 5.91 Å². The quantitative estimate of drug-likeness (QED) is 0.666. The molecule has 1 aromatic rings. The maximum absolute atomic E-state index is 14.0. The third-order valence-corrected chi connectivity index (χ3v) is 5.03. The molecule has 6 nitrogen and oxygen atoms in total. The van der Waals surface area contributed by atoms with Crippen LogP contribution in [0.5, 0.6) is 0 Å². The first kappa shape index (κ1) is 17.3. The number of hydrazine groups is 1. The van der Waals surface area contributed by atoms with Crippen LogP contribution >= 0.6 is 0 Å². The second-order valence-corrected chi connectivity index (χ2v) is 6.20. The Bertz CT molecular complexity index is 774. The van der Waals surface area contributed by atoms with Crippen LogP contribution in [-0.2, 0) is 20.9 Å². The van der Waals surface area contributed by atoms with Crippen LogP contribution in [0, 0.1) is 11.6 Å². The molecule has 1 fully saturated rings. The second-order valence-electron chi connectivity index (χ2n) is 6.20. The average molecular weight is 352 g/mol. The van der Waals surface area contributed by atoms with E-state index in [9.17, 15) is 23.5 Å². The molecule has 2 aliphatic rings. The van der Waals surface area contributed by atoms with Crippen molar-refractivity contribution in [3.05, 3.63) is 46.7 Å². The van der Waals surface area contributed by atoms with Gasteiger partial charge in [0.1, 0.15) is 5.76 Å². The Kier molecular flexibility index (Phi) is 4.24. The lowest BCUT2D eigenvalue weighted by Crippen LogP contribution is -2.65. The van der Waals surface area contributed by atoms with E-state index in [2.05, 4.69) is 4.74 Å². The van der Waals surface area contributed by atoms with Gasteiger partial charge in [0.2, 0.25) is 0 Å². The van der Waals surface area contributed by atoms with Gasteiger partial charge in [-0.25, -0.2) is 18.6 Å². The molecule has 0 atom stereocenters. The van der Waals surface area contributed by atoms with Gasteiger partial charge < -0.3 is 9.84 Å². The predicted octanol–water partition coefficient (Wildman–Crippen LogP) is 2.06. The Morgan fingerprint density at radius 2 is 2.04 bits per heavy atom. The van der Waals surface area contributed by atoms with Crippen LogP contribution < -0.4 is 0 Å². The number of likely N-dealkylation sites (N-methyl/N-ethyl adjacent to an activating group) is 1. The highest BCUT2D eigenvalue weighted by Crippen LogP contribution is 2.46. The van der Waals surface area contributed by atoms with Gasteiger partial charge in [0, 0.05) is 12.6 Å². The van der Waals surface area contributed by atoms with Crippen LogP contribution in [0.2, 0.25) is 0 Å². The number of halogens is 2. The van der Waals surface area contributed by atoms with Crippen LogP contribution in [0.1, 0.15) is 24.8 Å². The lowest BCUT2D eigenvalue weighted by Gasteiger charge is -2.54. The number of esters is 1. The van der Waals surface area contributed by atoms with Gasteiger partial charge >= 0.3 is 5.97 Å². The van der Waals surface area contributed by atoms with Crippen molar-refractivity contribution in [1.82, 2.24) is 10.0 Å². The Morgan fingerprint density at radius 3 is 2.60 bits per heavy atom. The van der Waals surface area contributed by atoms with E-state index in [-0.39, 0.29) is 17.9 Å². The van der Waals surface area contributed by atoms with Crippen LogP contribution in [-0.4, -0.2) is 46.7 Å². The molecule has 1 spiro atoms. The summed E-state index contributed by atoms with van der Waals surface area (Å²) in [5, 5.41) is 13.2. The van der Waals surface area contributed by atoms with E-state index >= 15 is 0 Å². The van der Waals surface area contributed by atoms with Gasteiger partial charge in [0.05, 0.1) is 19.2 Å². The molecular weight excluding hydrogens is 334 g/mol. The molecule has 1 saturated carbocycles. The fourth-order valence-electron chi connectivity index (χ4n) is 3.35. The number of carbonyl (C=O) groups is 2. The molecule has 1 N–H and O–H groups in total. The van der Waals surface area contributed by atoms with Crippen molar-refractivity contribution in [2.24, 2.45) is 0 Å². The van der Waals surface area contributed by atoms with E-state index in [1.807, 2.05) is 0 Å². The van der Waals surface area contributed by atoms with Gasteiger partial charge in [-0.3, -0.25) is 9.80 Å². The summed E-state index contributed by atoms with van der Waals surface area (Å²) in [6, 6.07) is 3.69. The zero-order chi connectivity index (χ0) is 18.4. The van der Waals surface area contributed by atoms with E-state index in [0.717, 1.165) is 24.6 Å². The molecule has 1 aliphatic heterocycles. The number of nitrogens with zero attached hydrogens (tertiary/aromatic N) is 2. The zero-order valence-electron chi connectivity index (χ0n) is 13.9. The number of methoxy groups -OCH3 is 1. The van der Waals surface area contributed by atoms with Crippen molar-refractivity contribution in [3.63, 3.8) is 0 Å². The van der Waals surface area contributed by atoms with Crippen LogP contribution in [0.25, 0.3) is 0 Å². The summed E-state index contributed by atoms with van der Waals surface area (Å²) in [6.45, 7) is -0.269. The van der Waals surface area contributed by atoms with Gasteiger partial charge in [-0.1, -0.05) is 12.1 Å². The normalized spacial score (nSPS) is 20.0. The van der Waals surface area contributed by atoms with Crippen LogP contribution in [0.15, 0.2) is 29.5 Å². The van der Waals surface area contributed by atoms with E-state index in [4.69, 9.17) is 0 Å². The Balaban J connectivity index is 2.04. The minimum absolute atomic E-state index is 0.0275. The summed E-state index contributed by atoms with van der Waals surface area (Å²) >= 11 is 0. The van der Waals surface area contributed by atoms with Crippen molar-refractivity contribution < 1.29 is 28.2 Å². The third kappa shape index (κ3) is 2.48. The summed E-state index contributed by atoms with van der Waals surface area (Å²) in [5.74, 6) is -4.16. The zero-order valence-corrected chi connectivity index (χ0v) is 13.9. The van der Waals surface area contributed by atoms with E-state index < -0.39 is 34.6 Å². The van der Waals surface area contributed by atoms with Gasteiger partial charge in [-0.15, -0.1) is 0 Å². The number of aliphatic hydroxyl groups is 1. The predicted molar refractivity (Wildman–Crippen MR) is 82.9 cm³/mol. The van der Waals surface area contributed by atoms with Crippen LogP contribution in [0.3, 0.4) is 0 Å². The molecule has 0 saturated heterocycles. The summed E-state index contributed by atoms with van der Waals surface area (Å²) < 4.78 is 32.1. The molecule has 1 amide bonds. The highest BCUT2D eigenvalue weighted by atomic mass is 19.2. The summed E-state index contributed by atoms with van der Waals surface area (Å²) in [5.41, 5.74) is -1.39. The Hall–Kier alpha value is -2.48. The molecule has 1 heterocycles. The number of aliphatic hydroxyl groups excluding tert-OH is 1. The molecule has 8 heteroatoms. The van der Waals surface area contributed by atoms with Crippen molar-refractivity contribution in [2.45, 2.75) is 31.3 Å². The Morgan fingerprint density at radius 1 is 1.36 bits per heavy atom. The van der Waals surface area contributed by atoms with E-state index in [1.165, 1.54) is 17.1 Å². The highest BCUT2D eigenvalue weighted by Gasteiger charge is 2.55. The monoisotopic (exact) mass is 352 g/mol. The standard InChI is InChI=1S/C17H18F2N2O4/c1-20-17(7-4-8-17)14(22)12(16(24)25-2)15(23)21(20)9-10-5-3-6-11(18)13(10)19/h3,5-6,22H,4,7-9H2,1-2H3. The molecule has 0 unspecified atom stereocenters. The maximum atomic E-state index is 14.0. The molecule has 1 aromatic carbocycles. The van der Waals surface area contributed by atoms with Gasteiger partial charge in [0.15, 0.2) is 17.2 Å². The number of hydrogen-bond donors (Lipinski definition) is 1. The average Bonchev–Trinajstić information content (AvgIpc) is 2.53. The number of amides is 1. The Labute approximate surface area is 143 Å². The lowest BCUT2D eigenvalue weighted by atomic mass is 9.72. The highest BCUT2D eigenvalue weighted by molar-refractivity contribution is 6.17. The molecule has 0 aromatic heterocycles. The summed E-state index contributed by atoms with van der Waals surface area (Å²) in [6.07, 6.45) is 1.87. The smallest absolute Gasteiger partial charge is 0.347 e. The second kappa shape index (κ2) is 6.11. The molecule has 1 aliphatic carbocycles. The lowest BCUT2D eigenvalue weighted by molar-refractivity contribution is -0.174. The van der Waals surface area contributed by atoms with Crippen molar-refractivity contribution in [2.75, 3.05) is 14.2 Å². The first-order valence-electron chi connectivity index (χ1n) is 7.84. The number of hydrogen-bond acceptors (Lipinski definition) is 5.